The predicted octanol–water partition coefficient (Wildman–Crippen LogP) is 5.75. The molecule has 1 unspecified atom stereocenters. The van der Waals surface area contributed by atoms with Crippen LogP contribution in [-0.4, -0.2) is 22.7 Å². The third kappa shape index (κ3) is 5.77. The maximum Gasteiger partial charge on any atom is 0.237 e. The van der Waals surface area contributed by atoms with Crippen LogP contribution in [0.4, 0.5) is 14.5 Å². The van der Waals surface area contributed by atoms with E-state index in [4.69, 9.17) is 4.74 Å². The van der Waals surface area contributed by atoms with E-state index >= 15 is 0 Å². The van der Waals surface area contributed by atoms with Crippen LogP contribution in [0.15, 0.2) is 47.8 Å². The minimum absolute atomic E-state index is 0.158. The number of rotatable bonds is 8. The second-order valence-corrected chi connectivity index (χ2v) is 8.36. The molecule has 0 aliphatic carbocycles. The Morgan fingerprint density at radius 3 is 2.72 bits per heavy atom. The molecule has 1 heterocycles. The molecule has 3 aromatic rings. The first kappa shape index (κ1) is 21.3. The lowest BCUT2D eigenvalue weighted by Gasteiger charge is -2.12. The highest BCUT2D eigenvalue weighted by atomic mass is 32.2. The molecule has 1 atom stereocenters. The van der Waals surface area contributed by atoms with Crippen LogP contribution >= 0.6 is 23.1 Å². The van der Waals surface area contributed by atoms with Gasteiger partial charge in [-0.15, -0.1) is 23.1 Å². The van der Waals surface area contributed by atoms with Crippen molar-refractivity contribution in [2.75, 3.05) is 11.9 Å². The van der Waals surface area contributed by atoms with E-state index < -0.39 is 16.9 Å². The van der Waals surface area contributed by atoms with E-state index in [2.05, 4.69) is 10.3 Å². The zero-order valence-electron chi connectivity index (χ0n) is 15.9. The van der Waals surface area contributed by atoms with Crippen molar-refractivity contribution in [1.82, 2.24) is 4.98 Å². The number of carbonyl (C=O) groups is 1. The van der Waals surface area contributed by atoms with Crippen LogP contribution in [-0.2, 0) is 10.5 Å². The highest BCUT2D eigenvalue weighted by Gasteiger charge is 2.17. The first-order chi connectivity index (χ1) is 14.0. The smallest absolute Gasteiger partial charge is 0.237 e. The van der Waals surface area contributed by atoms with Crippen LogP contribution in [0.1, 0.15) is 19.5 Å². The molecule has 3 rings (SSSR count). The Hall–Kier alpha value is -2.45. The number of ether oxygens (including phenoxy) is 1. The van der Waals surface area contributed by atoms with Crippen molar-refractivity contribution in [2.45, 2.75) is 24.9 Å². The van der Waals surface area contributed by atoms with Crippen LogP contribution in [0.5, 0.6) is 5.75 Å². The Morgan fingerprint density at radius 1 is 1.24 bits per heavy atom. The van der Waals surface area contributed by atoms with Crippen molar-refractivity contribution < 1.29 is 18.3 Å². The fourth-order valence-electron chi connectivity index (χ4n) is 2.48. The maximum atomic E-state index is 13.7. The molecule has 1 amide bonds. The monoisotopic (exact) mass is 434 g/mol. The summed E-state index contributed by atoms with van der Waals surface area (Å²) in [6.07, 6.45) is 0. The van der Waals surface area contributed by atoms with Crippen molar-refractivity contribution in [2.24, 2.45) is 0 Å². The molecule has 0 spiro atoms. The summed E-state index contributed by atoms with van der Waals surface area (Å²) >= 11 is 2.91. The van der Waals surface area contributed by atoms with Crippen LogP contribution in [0.25, 0.3) is 10.6 Å². The number of carbonyl (C=O) groups excluding carboxylic acids is 1. The summed E-state index contributed by atoms with van der Waals surface area (Å²) in [5, 5.41) is 4.82. The average Bonchev–Trinajstić information content (AvgIpc) is 3.18. The molecule has 8 heteroatoms. The highest BCUT2D eigenvalue weighted by molar-refractivity contribution is 7.99. The van der Waals surface area contributed by atoms with E-state index in [-0.39, 0.29) is 11.6 Å². The standard InChI is InChI=1S/C21H20F2N2O2S2/c1-3-27-17-7-4-14(5-8-17)21-24-16(12-29-21)11-28-13(2)20(26)25-19-10-15(22)6-9-18(19)23/h4-10,12-13H,3,11H2,1-2H3,(H,25,26). The molecule has 29 heavy (non-hydrogen) atoms. The molecule has 1 aromatic heterocycles. The molecule has 0 fully saturated rings. The molecular weight excluding hydrogens is 414 g/mol. The third-order valence-electron chi connectivity index (χ3n) is 4.00. The van der Waals surface area contributed by atoms with Crippen LogP contribution in [0.3, 0.4) is 0 Å². The molecule has 0 aliphatic rings. The second-order valence-electron chi connectivity index (χ2n) is 6.17. The molecule has 0 aliphatic heterocycles. The van der Waals surface area contributed by atoms with Gasteiger partial charge in [0.1, 0.15) is 22.4 Å². The van der Waals surface area contributed by atoms with Gasteiger partial charge in [-0.05, 0) is 50.2 Å². The third-order valence-corrected chi connectivity index (χ3v) is 6.12. The van der Waals surface area contributed by atoms with E-state index in [1.807, 2.05) is 36.6 Å². The van der Waals surface area contributed by atoms with Gasteiger partial charge in [0.2, 0.25) is 5.91 Å². The van der Waals surface area contributed by atoms with Gasteiger partial charge in [-0.25, -0.2) is 13.8 Å². The summed E-state index contributed by atoms with van der Waals surface area (Å²) in [5.74, 6) is -0.310. The molecule has 0 bridgehead atoms. The maximum absolute atomic E-state index is 13.7. The van der Waals surface area contributed by atoms with Gasteiger partial charge in [0.05, 0.1) is 23.2 Å². The van der Waals surface area contributed by atoms with Gasteiger partial charge in [-0.2, -0.15) is 0 Å². The molecular formula is C21H20F2N2O2S2. The summed E-state index contributed by atoms with van der Waals surface area (Å²) in [6, 6.07) is 10.7. The lowest BCUT2D eigenvalue weighted by Crippen LogP contribution is -2.23. The van der Waals surface area contributed by atoms with Crippen molar-refractivity contribution >= 4 is 34.7 Å². The molecule has 4 nitrogen and oxygen atoms in total. The molecule has 2 aromatic carbocycles. The Morgan fingerprint density at radius 2 is 2.00 bits per heavy atom. The predicted molar refractivity (Wildman–Crippen MR) is 114 cm³/mol. The van der Waals surface area contributed by atoms with Gasteiger partial charge in [0.25, 0.3) is 0 Å². The van der Waals surface area contributed by atoms with Crippen LogP contribution in [0, 0.1) is 11.6 Å². The lowest BCUT2D eigenvalue weighted by atomic mass is 10.2. The Labute approximate surface area is 176 Å². The lowest BCUT2D eigenvalue weighted by molar-refractivity contribution is -0.115. The second kappa shape index (κ2) is 9.84. The zero-order valence-corrected chi connectivity index (χ0v) is 17.6. The molecule has 0 saturated heterocycles. The van der Waals surface area contributed by atoms with Gasteiger partial charge in [0, 0.05) is 22.8 Å². The first-order valence-electron chi connectivity index (χ1n) is 9.01. The summed E-state index contributed by atoms with van der Waals surface area (Å²) in [4.78, 5) is 16.9. The van der Waals surface area contributed by atoms with Crippen LogP contribution < -0.4 is 10.1 Å². The molecule has 152 valence electrons. The summed E-state index contributed by atoms with van der Waals surface area (Å²) in [7, 11) is 0. The van der Waals surface area contributed by atoms with E-state index in [0.29, 0.717) is 12.4 Å². The zero-order chi connectivity index (χ0) is 20.8. The topological polar surface area (TPSA) is 51.2 Å². The van der Waals surface area contributed by atoms with Crippen molar-refractivity contribution in [3.63, 3.8) is 0 Å². The number of benzene rings is 2. The fourth-order valence-corrected chi connectivity index (χ4v) is 4.19. The van der Waals surface area contributed by atoms with Crippen LogP contribution in [0.2, 0.25) is 0 Å². The molecule has 0 saturated carbocycles. The van der Waals surface area contributed by atoms with E-state index in [0.717, 1.165) is 40.2 Å². The Bertz CT molecular complexity index is 977. The van der Waals surface area contributed by atoms with Crippen molar-refractivity contribution in [3.05, 3.63) is 65.2 Å². The number of nitrogens with zero attached hydrogens (tertiary/aromatic N) is 1. The number of hydrogen-bond donors (Lipinski definition) is 1. The number of nitrogens with one attached hydrogen (secondary N) is 1. The normalized spacial score (nSPS) is 11.9. The minimum atomic E-state index is -0.670. The average molecular weight is 435 g/mol. The van der Waals surface area contributed by atoms with Gasteiger partial charge >= 0.3 is 0 Å². The number of thiazole rings is 1. The number of hydrogen-bond acceptors (Lipinski definition) is 5. The number of halogens is 2. The van der Waals surface area contributed by atoms with Gasteiger partial charge < -0.3 is 10.1 Å². The Kier molecular flexibility index (Phi) is 7.22. The van der Waals surface area contributed by atoms with Crippen molar-refractivity contribution in [1.29, 1.82) is 0 Å². The fraction of sp³-hybridized carbons (Fsp3) is 0.238. The quantitative estimate of drug-likeness (QED) is 0.491. The SMILES string of the molecule is CCOc1ccc(-c2nc(CSC(C)C(=O)Nc3cc(F)ccc3F)cs2)cc1. The molecule has 1 N–H and O–H groups in total. The van der Waals surface area contributed by atoms with E-state index in [1.54, 1.807) is 6.92 Å². The van der Waals surface area contributed by atoms with E-state index in [9.17, 15) is 13.6 Å². The van der Waals surface area contributed by atoms with Gasteiger partial charge in [-0.3, -0.25) is 4.79 Å². The summed E-state index contributed by atoms with van der Waals surface area (Å²) in [6.45, 7) is 4.28. The van der Waals surface area contributed by atoms with Crippen molar-refractivity contribution in [3.8, 4) is 16.3 Å². The molecule has 0 radical (unpaired) electrons. The largest absolute Gasteiger partial charge is 0.494 e. The van der Waals surface area contributed by atoms with Gasteiger partial charge in [0.15, 0.2) is 0 Å². The summed E-state index contributed by atoms with van der Waals surface area (Å²) < 4.78 is 32.3. The number of anilines is 1. The highest BCUT2D eigenvalue weighted by Crippen LogP contribution is 2.28. The first-order valence-corrected chi connectivity index (χ1v) is 10.9. The number of aromatic nitrogens is 1. The Balaban J connectivity index is 1.55. The minimum Gasteiger partial charge on any atom is -0.494 e. The number of thioether (sulfide) groups is 1. The van der Waals surface area contributed by atoms with Gasteiger partial charge in [-0.1, -0.05) is 0 Å². The van der Waals surface area contributed by atoms with E-state index in [1.165, 1.54) is 23.1 Å². The number of amides is 1. The summed E-state index contributed by atoms with van der Waals surface area (Å²) in [5.41, 5.74) is 1.71.